The summed E-state index contributed by atoms with van der Waals surface area (Å²) in [6, 6.07) is 8.29. The van der Waals surface area contributed by atoms with Crippen molar-refractivity contribution in [2.24, 2.45) is 11.7 Å². The summed E-state index contributed by atoms with van der Waals surface area (Å²) in [6.45, 7) is 6.50. The quantitative estimate of drug-likeness (QED) is 0.857. The van der Waals surface area contributed by atoms with Gasteiger partial charge in [-0.3, -0.25) is 0 Å². The Morgan fingerprint density at radius 2 is 2.00 bits per heavy atom. The molecule has 1 atom stereocenters. The van der Waals surface area contributed by atoms with Crippen molar-refractivity contribution in [3.05, 3.63) is 35.6 Å². The molecule has 2 nitrogen and oxygen atoms in total. The molecule has 1 heterocycles. The Bertz CT molecular complexity index is 499. The third-order valence-corrected chi connectivity index (χ3v) is 3.18. The zero-order chi connectivity index (χ0) is 12.4. The maximum atomic E-state index is 6.16. The molecule has 0 aliphatic rings. The zero-order valence-corrected chi connectivity index (χ0v) is 10.9. The van der Waals surface area contributed by atoms with Gasteiger partial charge in [-0.1, -0.05) is 32.0 Å². The van der Waals surface area contributed by atoms with E-state index >= 15 is 0 Å². The topological polar surface area (TPSA) is 39.2 Å². The fourth-order valence-electron chi connectivity index (χ4n) is 2.07. The van der Waals surface area contributed by atoms with E-state index in [1.165, 1.54) is 5.56 Å². The van der Waals surface area contributed by atoms with Gasteiger partial charge in [-0.05, 0) is 37.3 Å². The van der Waals surface area contributed by atoms with Crippen LogP contribution in [0.5, 0.6) is 0 Å². The van der Waals surface area contributed by atoms with Crippen LogP contribution in [0.1, 0.15) is 44.1 Å². The van der Waals surface area contributed by atoms with Gasteiger partial charge in [0.05, 0.1) is 6.04 Å². The minimum absolute atomic E-state index is 0.0178. The monoisotopic (exact) mass is 231 g/mol. The summed E-state index contributed by atoms with van der Waals surface area (Å²) in [5.74, 6) is 1.60. The van der Waals surface area contributed by atoms with Gasteiger partial charge >= 0.3 is 0 Å². The first-order valence-electron chi connectivity index (χ1n) is 6.32. The number of hydrogen-bond donors (Lipinski definition) is 1. The first-order chi connectivity index (χ1) is 8.08. The van der Waals surface area contributed by atoms with Gasteiger partial charge in [-0.25, -0.2) is 0 Å². The van der Waals surface area contributed by atoms with Crippen molar-refractivity contribution >= 4 is 11.0 Å². The fraction of sp³-hybridized carbons (Fsp3) is 0.467. The van der Waals surface area contributed by atoms with E-state index in [9.17, 15) is 0 Å². The van der Waals surface area contributed by atoms with Gasteiger partial charge in [0.2, 0.25) is 0 Å². The second kappa shape index (κ2) is 4.92. The molecular formula is C15H21NO. The predicted octanol–water partition coefficient (Wildman–Crippen LogP) is 4.18. The molecule has 0 saturated heterocycles. The van der Waals surface area contributed by atoms with Crippen molar-refractivity contribution in [2.45, 2.75) is 39.7 Å². The van der Waals surface area contributed by atoms with Crippen LogP contribution in [0.15, 0.2) is 28.7 Å². The molecule has 0 saturated carbocycles. The van der Waals surface area contributed by atoms with E-state index in [-0.39, 0.29) is 6.04 Å². The van der Waals surface area contributed by atoms with Gasteiger partial charge < -0.3 is 10.2 Å². The molecule has 17 heavy (non-hydrogen) atoms. The molecule has 1 aromatic carbocycles. The van der Waals surface area contributed by atoms with Crippen molar-refractivity contribution in [1.29, 1.82) is 0 Å². The Morgan fingerprint density at radius 3 is 2.65 bits per heavy atom. The lowest BCUT2D eigenvalue weighted by atomic mass is 10.0. The van der Waals surface area contributed by atoms with Crippen LogP contribution in [0.3, 0.4) is 0 Å². The van der Waals surface area contributed by atoms with Crippen LogP contribution in [0.25, 0.3) is 11.0 Å². The second-order valence-electron chi connectivity index (χ2n) is 5.22. The van der Waals surface area contributed by atoms with Crippen molar-refractivity contribution in [3.8, 4) is 0 Å². The van der Waals surface area contributed by atoms with E-state index in [0.29, 0.717) is 5.92 Å². The summed E-state index contributed by atoms with van der Waals surface area (Å²) in [5, 5.41) is 1.15. The summed E-state index contributed by atoms with van der Waals surface area (Å²) in [4.78, 5) is 0. The average molecular weight is 231 g/mol. The van der Waals surface area contributed by atoms with Crippen LogP contribution in [0.2, 0.25) is 0 Å². The number of nitrogens with two attached hydrogens (primary N) is 1. The van der Waals surface area contributed by atoms with Gasteiger partial charge in [0.15, 0.2) is 0 Å². The minimum Gasteiger partial charge on any atom is -0.459 e. The number of hydrogen-bond acceptors (Lipinski definition) is 2. The van der Waals surface area contributed by atoms with Crippen LogP contribution in [0, 0.1) is 12.8 Å². The van der Waals surface area contributed by atoms with Crippen LogP contribution in [-0.2, 0) is 0 Å². The van der Waals surface area contributed by atoms with E-state index in [1.54, 1.807) is 0 Å². The first kappa shape index (κ1) is 12.2. The number of furan rings is 1. The third kappa shape index (κ3) is 2.70. The van der Waals surface area contributed by atoms with E-state index in [0.717, 1.165) is 29.6 Å². The second-order valence-corrected chi connectivity index (χ2v) is 5.22. The highest BCUT2D eigenvalue weighted by atomic mass is 16.3. The molecule has 1 unspecified atom stereocenters. The molecule has 0 amide bonds. The molecule has 2 heteroatoms. The summed E-state index contributed by atoms with van der Waals surface area (Å²) in [6.07, 6.45) is 2.12. The molecule has 2 N–H and O–H groups in total. The minimum atomic E-state index is 0.0178. The highest BCUT2D eigenvalue weighted by molar-refractivity contribution is 5.80. The zero-order valence-electron chi connectivity index (χ0n) is 10.9. The molecular weight excluding hydrogens is 210 g/mol. The third-order valence-electron chi connectivity index (χ3n) is 3.18. The van der Waals surface area contributed by atoms with Crippen molar-refractivity contribution in [2.75, 3.05) is 0 Å². The number of rotatable bonds is 4. The highest BCUT2D eigenvalue weighted by Crippen LogP contribution is 2.27. The average Bonchev–Trinajstić information content (AvgIpc) is 2.71. The fourth-order valence-corrected chi connectivity index (χ4v) is 2.07. The van der Waals surface area contributed by atoms with Gasteiger partial charge in [0.1, 0.15) is 11.3 Å². The smallest absolute Gasteiger partial charge is 0.137 e. The molecule has 0 aliphatic carbocycles. The van der Waals surface area contributed by atoms with E-state index in [2.05, 4.69) is 45.0 Å². The molecule has 0 bridgehead atoms. The SMILES string of the molecule is Cc1cccc2cc(C(N)CCC(C)C)oc12. The van der Waals surface area contributed by atoms with E-state index in [1.807, 2.05) is 0 Å². The lowest BCUT2D eigenvalue weighted by Crippen LogP contribution is -2.10. The Kier molecular flexibility index (Phi) is 3.53. The van der Waals surface area contributed by atoms with Crippen molar-refractivity contribution in [3.63, 3.8) is 0 Å². The standard InChI is InChI=1S/C15H21NO/c1-10(2)7-8-13(16)14-9-12-6-4-5-11(3)15(12)17-14/h4-6,9-10,13H,7-8,16H2,1-3H3. The molecule has 0 aliphatic heterocycles. The molecule has 1 aromatic heterocycles. The molecule has 0 fully saturated rings. The maximum absolute atomic E-state index is 6.16. The van der Waals surface area contributed by atoms with Gasteiger partial charge in [-0.2, -0.15) is 0 Å². The van der Waals surface area contributed by atoms with Gasteiger partial charge in [0, 0.05) is 5.39 Å². The first-order valence-corrected chi connectivity index (χ1v) is 6.32. The lowest BCUT2D eigenvalue weighted by Gasteiger charge is -2.10. The van der Waals surface area contributed by atoms with Crippen LogP contribution in [0.4, 0.5) is 0 Å². The number of para-hydroxylation sites is 1. The Morgan fingerprint density at radius 1 is 1.24 bits per heavy atom. The molecule has 92 valence electrons. The summed E-state index contributed by atoms with van der Waals surface area (Å²) in [5.41, 5.74) is 8.31. The largest absolute Gasteiger partial charge is 0.459 e. The number of fused-ring (bicyclic) bond motifs is 1. The predicted molar refractivity (Wildman–Crippen MR) is 72.0 cm³/mol. The van der Waals surface area contributed by atoms with Crippen molar-refractivity contribution in [1.82, 2.24) is 0 Å². The van der Waals surface area contributed by atoms with E-state index < -0.39 is 0 Å². The van der Waals surface area contributed by atoms with Gasteiger partial charge in [-0.15, -0.1) is 0 Å². The Hall–Kier alpha value is -1.28. The van der Waals surface area contributed by atoms with Crippen LogP contribution >= 0.6 is 0 Å². The summed E-state index contributed by atoms with van der Waals surface area (Å²) in [7, 11) is 0. The lowest BCUT2D eigenvalue weighted by molar-refractivity contribution is 0.439. The molecule has 0 radical (unpaired) electrons. The molecule has 0 spiro atoms. The highest BCUT2D eigenvalue weighted by Gasteiger charge is 2.13. The maximum Gasteiger partial charge on any atom is 0.137 e. The van der Waals surface area contributed by atoms with Crippen LogP contribution in [-0.4, -0.2) is 0 Å². The molecule has 2 rings (SSSR count). The normalized spacial score (nSPS) is 13.5. The van der Waals surface area contributed by atoms with Crippen LogP contribution < -0.4 is 5.73 Å². The number of aryl methyl sites for hydroxylation is 1. The summed E-state index contributed by atoms with van der Waals surface area (Å²) < 4.78 is 5.87. The molecule has 2 aromatic rings. The Balaban J connectivity index is 2.21. The van der Waals surface area contributed by atoms with Crippen molar-refractivity contribution < 1.29 is 4.42 Å². The number of benzene rings is 1. The van der Waals surface area contributed by atoms with Gasteiger partial charge in [0.25, 0.3) is 0 Å². The summed E-state index contributed by atoms with van der Waals surface area (Å²) >= 11 is 0. The van der Waals surface area contributed by atoms with E-state index in [4.69, 9.17) is 10.2 Å². The Labute approximate surface area is 103 Å².